The van der Waals surface area contributed by atoms with E-state index in [4.69, 9.17) is 16.3 Å². The van der Waals surface area contributed by atoms with Crippen molar-refractivity contribution in [3.8, 4) is 5.75 Å². The van der Waals surface area contributed by atoms with Gasteiger partial charge in [-0.15, -0.1) is 0 Å². The van der Waals surface area contributed by atoms with Crippen LogP contribution in [0, 0.1) is 20.8 Å². The highest BCUT2D eigenvalue weighted by molar-refractivity contribution is 6.32. The Bertz CT molecular complexity index is 952. The van der Waals surface area contributed by atoms with Crippen molar-refractivity contribution in [1.82, 2.24) is 4.98 Å². The standard InChI is InChI=1S/C21H22ClNO3/c1-12-6-7-16-17(20(21(24)25)23-18(16)9-12)5-4-8-26-15-10-13(2)19(22)14(3)11-15/h6-7,9-11,23H,4-5,8H2,1-3H3,(H,24,25). The first-order chi connectivity index (χ1) is 12.4. The number of carbonyl (C=O) groups is 1. The third-order valence-electron chi connectivity index (χ3n) is 4.53. The molecule has 26 heavy (non-hydrogen) atoms. The van der Waals surface area contributed by atoms with Gasteiger partial charge in [-0.25, -0.2) is 4.79 Å². The maximum absolute atomic E-state index is 11.6. The number of rotatable bonds is 6. The second-order valence-corrected chi connectivity index (χ2v) is 7.03. The zero-order chi connectivity index (χ0) is 18.8. The van der Waals surface area contributed by atoms with Gasteiger partial charge in [-0.1, -0.05) is 23.7 Å². The predicted octanol–water partition coefficient (Wildman–Crippen LogP) is 5.46. The van der Waals surface area contributed by atoms with E-state index >= 15 is 0 Å². The third-order valence-corrected chi connectivity index (χ3v) is 5.12. The summed E-state index contributed by atoms with van der Waals surface area (Å²) in [5.41, 5.74) is 5.04. The number of aromatic nitrogens is 1. The molecule has 0 aliphatic heterocycles. The molecule has 0 bridgehead atoms. The first-order valence-electron chi connectivity index (χ1n) is 8.61. The van der Waals surface area contributed by atoms with Crippen LogP contribution in [0.25, 0.3) is 10.9 Å². The molecule has 1 heterocycles. The van der Waals surface area contributed by atoms with E-state index in [9.17, 15) is 9.90 Å². The minimum absolute atomic E-state index is 0.267. The zero-order valence-corrected chi connectivity index (χ0v) is 15.9. The first-order valence-corrected chi connectivity index (χ1v) is 8.98. The molecule has 136 valence electrons. The van der Waals surface area contributed by atoms with Crippen molar-refractivity contribution in [2.24, 2.45) is 0 Å². The Kier molecular flexibility index (Phi) is 5.23. The van der Waals surface area contributed by atoms with Crippen molar-refractivity contribution < 1.29 is 14.6 Å². The summed E-state index contributed by atoms with van der Waals surface area (Å²) in [5.74, 6) is -0.142. The lowest BCUT2D eigenvalue weighted by Crippen LogP contribution is -2.04. The Balaban J connectivity index is 1.72. The molecule has 2 N–H and O–H groups in total. The molecule has 0 saturated heterocycles. The van der Waals surface area contributed by atoms with Crippen LogP contribution in [0.1, 0.15) is 39.2 Å². The van der Waals surface area contributed by atoms with Gasteiger partial charge in [0.15, 0.2) is 0 Å². The van der Waals surface area contributed by atoms with E-state index in [-0.39, 0.29) is 5.69 Å². The summed E-state index contributed by atoms with van der Waals surface area (Å²) < 4.78 is 5.84. The van der Waals surface area contributed by atoms with Gasteiger partial charge in [0, 0.05) is 15.9 Å². The molecular formula is C21H22ClNO3. The van der Waals surface area contributed by atoms with Crippen LogP contribution in [0.15, 0.2) is 30.3 Å². The van der Waals surface area contributed by atoms with Crippen molar-refractivity contribution in [2.75, 3.05) is 6.61 Å². The number of fused-ring (bicyclic) bond motifs is 1. The number of aryl methyl sites for hydroxylation is 4. The number of aromatic carboxylic acids is 1. The minimum Gasteiger partial charge on any atom is -0.494 e. The van der Waals surface area contributed by atoms with Crippen LogP contribution in [0.5, 0.6) is 5.75 Å². The Morgan fingerprint density at radius 3 is 2.50 bits per heavy atom. The van der Waals surface area contributed by atoms with Gasteiger partial charge in [-0.2, -0.15) is 0 Å². The molecule has 3 aromatic rings. The van der Waals surface area contributed by atoms with Gasteiger partial charge >= 0.3 is 5.97 Å². The lowest BCUT2D eigenvalue weighted by Gasteiger charge is -2.10. The number of ether oxygens (including phenoxy) is 1. The maximum atomic E-state index is 11.6. The van der Waals surface area contributed by atoms with Crippen molar-refractivity contribution in [3.05, 3.63) is 63.3 Å². The Morgan fingerprint density at radius 2 is 1.85 bits per heavy atom. The zero-order valence-electron chi connectivity index (χ0n) is 15.1. The highest BCUT2D eigenvalue weighted by Crippen LogP contribution is 2.27. The number of hydrogen-bond acceptors (Lipinski definition) is 2. The van der Waals surface area contributed by atoms with Crippen LogP contribution in [0.4, 0.5) is 0 Å². The van der Waals surface area contributed by atoms with Crippen LogP contribution < -0.4 is 4.74 Å². The van der Waals surface area contributed by atoms with E-state index in [0.717, 1.165) is 50.3 Å². The molecule has 0 fully saturated rings. The molecule has 0 aliphatic rings. The Hall–Kier alpha value is -2.46. The molecule has 0 aliphatic carbocycles. The summed E-state index contributed by atoms with van der Waals surface area (Å²) in [6, 6.07) is 9.80. The van der Waals surface area contributed by atoms with E-state index < -0.39 is 5.97 Å². The lowest BCUT2D eigenvalue weighted by atomic mass is 10.0. The summed E-state index contributed by atoms with van der Waals surface area (Å²) in [7, 11) is 0. The Labute approximate surface area is 157 Å². The van der Waals surface area contributed by atoms with E-state index in [2.05, 4.69) is 4.98 Å². The monoisotopic (exact) mass is 371 g/mol. The highest BCUT2D eigenvalue weighted by atomic mass is 35.5. The average Bonchev–Trinajstić information content (AvgIpc) is 2.94. The number of aromatic amines is 1. The smallest absolute Gasteiger partial charge is 0.352 e. The highest BCUT2D eigenvalue weighted by Gasteiger charge is 2.16. The number of nitrogens with one attached hydrogen (secondary N) is 1. The summed E-state index contributed by atoms with van der Waals surface area (Å²) in [4.78, 5) is 14.6. The minimum atomic E-state index is -0.932. The van der Waals surface area contributed by atoms with Crippen molar-refractivity contribution in [2.45, 2.75) is 33.6 Å². The van der Waals surface area contributed by atoms with Gasteiger partial charge in [0.1, 0.15) is 11.4 Å². The summed E-state index contributed by atoms with van der Waals surface area (Å²) in [6.07, 6.45) is 1.36. The van der Waals surface area contributed by atoms with Crippen molar-refractivity contribution >= 4 is 28.5 Å². The van der Waals surface area contributed by atoms with Gasteiger partial charge < -0.3 is 14.8 Å². The van der Waals surface area contributed by atoms with Gasteiger partial charge in [0.05, 0.1) is 6.61 Å². The molecule has 0 radical (unpaired) electrons. The SMILES string of the molecule is Cc1ccc2c(CCCOc3cc(C)c(Cl)c(C)c3)c(C(=O)O)[nH]c2c1. The first kappa shape index (κ1) is 18.3. The fourth-order valence-electron chi connectivity index (χ4n) is 3.24. The lowest BCUT2D eigenvalue weighted by molar-refractivity contribution is 0.0690. The quantitative estimate of drug-likeness (QED) is 0.566. The topological polar surface area (TPSA) is 62.3 Å². The average molecular weight is 372 g/mol. The van der Waals surface area contributed by atoms with Crippen molar-refractivity contribution in [3.63, 3.8) is 0 Å². The van der Waals surface area contributed by atoms with Gasteiger partial charge in [0.2, 0.25) is 0 Å². The third kappa shape index (κ3) is 3.70. The van der Waals surface area contributed by atoms with Crippen LogP contribution in [0.3, 0.4) is 0 Å². The molecular weight excluding hydrogens is 350 g/mol. The molecule has 0 amide bonds. The molecule has 4 nitrogen and oxygen atoms in total. The van der Waals surface area contributed by atoms with Crippen molar-refractivity contribution in [1.29, 1.82) is 0 Å². The number of H-pyrrole nitrogens is 1. The molecule has 0 unspecified atom stereocenters. The number of carboxylic acid groups (broad SMARTS) is 1. The second-order valence-electron chi connectivity index (χ2n) is 6.66. The Morgan fingerprint density at radius 1 is 1.15 bits per heavy atom. The van der Waals surface area contributed by atoms with Crippen LogP contribution in [-0.4, -0.2) is 22.7 Å². The van der Waals surface area contributed by atoms with E-state index in [1.54, 1.807) is 0 Å². The van der Waals surface area contributed by atoms with Gasteiger partial charge in [-0.3, -0.25) is 0 Å². The summed E-state index contributed by atoms with van der Waals surface area (Å²) in [5, 5.41) is 11.2. The van der Waals surface area contributed by atoms with E-state index in [1.165, 1.54) is 0 Å². The fourth-order valence-corrected chi connectivity index (χ4v) is 3.35. The molecule has 0 spiro atoms. The van der Waals surface area contributed by atoms with Gasteiger partial charge in [-0.05, 0) is 74.1 Å². The molecule has 5 heteroatoms. The number of benzene rings is 2. The molecule has 0 atom stereocenters. The fraction of sp³-hybridized carbons (Fsp3) is 0.286. The molecule has 2 aromatic carbocycles. The summed E-state index contributed by atoms with van der Waals surface area (Å²) >= 11 is 6.18. The maximum Gasteiger partial charge on any atom is 0.352 e. The van der Waals surface area contributed by atoms with E-state index in [1.807, 2.05) is 51.1 Å². The second kappa shape index (κ2) is 7.42. The predicted molar refractivity (Wildman–Crippen MR) is 105 cm³/mol. The van der Waals surface area contributed by atoms with E-state index in [0.29, 0.717) is 13.0 Å². The summed E-state index contributed by atoms with van der Waals surface area (Å²) in [6.45, 7) is 6.41. The number of carboxylic acids is 1. The van der Waals surface area contributed by atoms with Crippen LogP contribution in [-0.2, 0) is 6.42 Å². The number of hydrogen-bond donors (Lipinski definition) is 2. The molecule has 1 aromatic heterocycles. The molecule has 3 rings (SSSR count). The molecule has 0 saturated carbocycles. The largest absolute Gasteiger partial charge is 0.494 e. The van der Waals surface area contributed by atoms with Crippen LogP contribution >= 0.6 is 11.6 Å². The number of halogens is 1. The van der Waals surface area contributed by atoms with Gasteiger partial charge in [0.25, 0.3) is 0 Å². The normalized spacial score (nSPS) is 11.1. The van der Waals surface area contributed by atoms with Crippen LogP contribution in [0.2, 0.25) is 5.02 Å².